The van der Waals surface area contributed by atoms with Gasteiger partial charge in [0.25, 0.3) is 5.91 Å². The fourth-order valence-corrected chi connectivity index (χ4v) is 2.57. The van der Waals surface area contributed by atoms with Gasteiger partial charge in [-0.15, -0.1) is 11.3 Å². The molecule has 8 heteroatoms. The van der Waals surface area contributed by atoms with Crippen LogP contribution in [0.5, 0.6) is 5.75 Å². The lowest BCUT2D eigenvalue weighted by Gasteiger charge is -2.03. The van der Waals surface area contributed by atoms with E-state index in [4.69, 9.17) is 4.74 Å². The molecule has 1 amide bonds. The fourth-order valence-electron chi connectivity index (χ4n) is 1.97. The lowest BCUT2D eigenvalue weighted by molar-refractivity contribution is 0.0739. The van der Waals surface area contributed by atoms with Crippen LogP contribution in [-0.2, 0) is 0 Å². The third-order valence-corrected chi connectivity index (χ3v) is 3.96. The first kappa shape index (κ1) is 16.6. The van der Waals surface area contributed by atoms with Crippen molar-refractivity contribution >= 4 is 29.4 Å². The zero-order chi connectivity index (χ0) is 17.6. The minimum absolute atomic E-state index is 0.258. The van der Waals surface area contributed by atoms with Crippen molar-refractivity contribution < 1.29 is 14.3 Å². The fraction of sp³-hybridized carbons (Fsp3) is 0.0588. The minimum Gasteiger partial charge on any atom is -0.422 e. The van der Waals surface area contributed by atoms with E-state index >= 15 is 0 Å². The van der Waals surface area contributed by atoms with Crippen molar-refractivity contribution in [2.75, 3.05) is 0 Å². The van der Waals surface area contributed by atoms with Crippen LogP contribution in [0, 0.1) is 6.92 Å². The van der Waals surface area contributed by atoms with E-state index in [-0.39, 0.29) is 5.69 Å². The number of hydrazone groups is 1. The van der Waals surface area contributed by atoms with Gasteiger partial charge in [-0.2, -0.15) is 10.2 Å². The van der Waals surface area contributed by atoms with Crippen LogP contribution in [0.1, 0.15) is 31.4 Å². The summed E-state index contributed by atoms with van der Waals surface area (Å²) >= 11 is 1.31. The number of aromatic nitrogens is 2. The summed E-state index contributed by atoms with van der Waals surface area (Å²) in [6.07, 6.45) is 1.46. The van der Waals surface area contributed by atoms with Gasteiger partial charge in [-0.1, -0.05) is 18.2 Å². The quantitative estimate of drug-likeness (QED) is 0.319. The number of aryl methyl sites for hydroxylation is 1. The molecule has 0 saturated heterocycles. The molecule has 3 aromatic rings. The lowest BCUT2D eigenvalue weighted by atomic mass is 10.2. The maximum absolute atomic E-state index is 11.9. The third-order valence-electron chi connectivity index (χ3n) is 3.11. The second-order valence-electron chi connectivity index (χ2n) is 5.07. The van der Waals surface area contributed by atoms with Crippen LogP contribution in [0.2, 0.25) is 0 Å². The Hall–Kier alpha value is -3.26. The van der Waals surface area contributed by atoms with Gasteiger partial charge in [0.1, 0.15) is 10.6 Å². The van der Waals surface area contributed by atoms with Crippen molar-refractivity contribution in [2.45, 2.75) is 6.92 Å². The highest BCUT2D eigenvalue weighted by molar-refractivity contribution is 7.12. The molecule has 0 fully saturated rings. The van der Waals surface area contributed by atoms with Gasteiger partial charge < -0.3 is 4.74 Å². The number of rotatable bonds is 5. The highest BCUT2D eigenvalue weighted by Gasteiger charge is 2.10. The molecule has 0 radical (unpaired) electrons. The van der Waals surface area contributed by atoms with Gasteiger partial charge in [-0.05, 0) is 42.1 Å². The summed E-state index contributed by atoms with van der Waals surface area (Å²) in [5.41, 5.74) is 4.11. The number of hydrogen-bond acceptors (Lipinski definition) is 6. The van der Waals surface area contributed by atoms with Crippen LogP contribution in [0.25, 0.3) is 0 Å². The Kier molecular flexibility index (Phi) is 5.00. The molecular formula is C17H14N4O3S. The first-order valence-electron chi connectivity index (χ1n) is 7.33. The number of H-pyrrole nitrogens is 1. The van der Waals surface area contributed by atoms with Crippen LogP contribution in [0.4, 0.5) is 0 Å². The van der Waals surface area contributed by atoms with Crippen molar-refractivity contribution in [2.24, 2.45) is 5.10 Å². The van der Waals surface area contributed by atoms with Gasteiger partial charge in [-0.3, -0.25) is 9.89 Å². The summed E-state index contributed by atoms with van der Waals surface area (Å²) in [5.74, 6) is -0.427. The van der Waals surface area contributed by atoms with Crippen LogP contribution in [0.15, 0.2) is 52.9 Å². The number of aromatic amines is 1. The van der Waals surface area contributed by atoms with Gasteiger partial charge in [0.05, 0.1) is 6.21 Å². The van der Waals surface area contributed by atoms with Gasteiger partial charge in [0.2, 0.25) is 0 Å². The largest absolute Gasteiger partial charge is 0.422 e. The number of nitrogens with one attached hydrogen (secondary N) is 2. The van der Waals surface area contributed by atoms with Crippen molar-refractivity contribution in [3.63, 3.8) is 0 Å². The predicted molar refractivity (Wildman–Crippen MR) is 94.1 cm³/mol. The van der Waals surface area contributed by atoms with Crippen molar-refractivity contribution in [1.82, 2.24) is 15.6 Å². The summed E-state index contributed by atoms with van der Waals surface area (Å²) < 4.78 is 5.31. The Morgan fingerprint density at radius 2 is 2.16 bits per heavy atom. The van der Waals surface area contributed by atoms with E-state index in [2.05, 4.69) is 20.7 Å². The molecule has 25 heavy (non-hydrogen) atoms. The normalized spacial score (nSPS) is 10.8. The Morgan fingerprint density at radius 1 is 1.28 bits per heavy atom. The number of carbonyl (C=O) groups excluding carboxylic acids is 2. The molecule has 7 nitrogen and oxygen atoms in total. The van der Waals surface area contributed by atoms with Crippen molar-refractivity contribution in [1.29, 1.82) is 0 Å². The van der Waals surface area contributed by atoms with E-state index < -0.39 is 11.9 Å². The lowest BCUT2D eigenvalue weighted by Crippen LogP contribution is -2.18. The SMILES string of the molecule is Cc1cc(C(=O)N/N=C/c2cccc(OC(=O)c3cccs3)c2)n[nH]1. The number of benzene rings is 1. The molecular weight excluding hydrogens is 340 g/mol. The second-order valence-corrected chi connectivity index (χ2v) is 6.02. The molecule has 2 heterocycles. The number of carbonyl (C=O) groups is 2. The average molecular weight is 354 g/mol. The highest BCUT2D eigenvalue weighted by atomic mass is 32.1. The van der Waals surface area contributed by atoms with E-state index in [1.807, 2.05) is 5.38 Å². The molecule has 0 aliphatic carbocycles. The van der Waals surface area contributed by atoms with Gasteiger partial charge >= 0.3 is 5.97 Å². The molecule has 126 valence electrons. The molecule has 0 unspecified atom stereocenters. The number of ether oxygens (including phenoxy) is 1. The van der Waals surface area contributed by atoms with Crippen molar-refractivity contribution in [3.05, 3.63) is 69.7 Å². The first-order valence-corrected chi connectivity index (χ1v) is 8.21. The number of hydrogen-bond donors (Lipinski definition) is 2. The average Bonchev–Trinajstić information content (AvgIpc) is 3.26. The summed E-state index contributed by atoms with van der Waals surface area (Å²) in [6.45, 7) is 1.80. The molecule has 1 aromatic carbocycles. The predicted octanol–water partition coefficient (Wildman–Crippen LogP) is 2.76. The second kappa shape index (κ2) is 7.54. The summed E-state index contributed by atoms with van der Waals surface area (Å²) in [6, 6.07) is 11.9. The van der Waals surface area contributed by atoms with Gasteiger partial charge in [0.15, 0.2) is 5.69 Å². The molecule has 2 aromatic heterocycles. The third kappa shape index (κ3) is 4.39. The number of nitrogens with zero attached hydrogens (tertiary/aromatic N) is 2. The van der Waals surface area contributed by atoms with E-state index in [0.29, 0.717) is 16.2 Å². The standard InChI is InChI=1S/C17H14N4O3S/c1-11-8-14(20-19-11)16(22)21-18-10-12-4-2-5-13(9-12)24-17(23)15-6-3-7-25-15/h2-10H,1H3,(H,19,20)(H,21,22)/b18-10+. The summed E-state index contributed by atoms with van der Waals surface area (Å²) in [5, 5.41) is 12.2. The Balaban J connectivity index is 1.61. The smallest absolute Gasteiger partial charge is 0.353 e. The van der Waals surface area contributed by atoms with E-state index in [1.165, 1.54) is 17.6 Å². The van der Waals surface area contributed by atoms with Crippen LogP contribution in [0.3, 0.4) is 0 Å². The van der Waals surface area contributed by atoms with Gasteiger partial charge in [0, 0.05) is 5.69 Å². The van der Waals surface area contributed by atoms with Crippen LogP contribution in [-0.4, -0.2) is 28.3 Å². The molecule has 2 N–H and O–H groups in total. The molecule has 0 aliphatic heterocycles. The van der Waals surface area contributed by atoms with Crippen LogP contribution < -0.4 is 10.2 Å². The monoisotopic (exact) mass is 354 g/mol. The zero-order valence-electron chi connectivity index (χ0n) is 13.2. The summed E-state index contributed by atoms with van der Waals surface area (Å²) in [7, 11) is 0. The van der Waals surface area contributed by atoms with Crippen LogP contribution >= 0.6 is 11.3 Å². The van der Waals surface area contributed by atoms with Gasteiger partial charge in [-0.25, -0.2) is 10.2 Å². The number of esters is 1. The Bertz CT molecular complexity index is 916. The molecule has 0 bridgehead atoms. The maximum Gasteiger partial charge on any atom is 0.353 e. The summed E-state index contributed by atoms with van der Waals surface area (Å²) in [4.78, 5) is 24.3. The Morgan fingerprint density at radius 3 is 2.88 bits per heavy atom. The number of thiophene rings is 1. The first-order chi connectivity index (χ1) is 12.1. The molecule has 0 atom stereocenters. The number of amides is 1. The van der Waals surface area contributed by atoms with E-state index in [1.54, 1.807) is 49.4 Å². The minimum atomic E-state index is -0.416. The molecule has 3 rings (SSSR count). The molecule has 0 saturated carbocycles. The zero-order valence-corrected chi connectivity index (χ0v) is 14.0. The van der Waals surface area contributed by atoms with E-state index in [9.17, 15) is 9.59 Å². The van der Waals surface area contributed by atoms with Crippen molar-refractivity contribution in [3.8, 4) is 5.75 Å². The van der Waals surface area contributed by atoms with E-state index in [0.717, 1.165) is 5.69 Å². The molecule has 0 aliphatic rings. The highest BCUT2D eigenvalue weighted by Crippen LogP contribution is 2.16. The topological polar surface area (TPSA) is 96.4 Å². The molecule has 0 spiro atoms. The Labute approximate surface area is 147 Å². The maximum atomic E-state index is 11.9.